The smallest absolute Gasteiger partial charge is 0.224 e. The first-order chi connectivity index (χ1) is 6.91. The van der Waals surface area contributed by atoms with Crippen LogP contribution in [0, 0.1) is 17.8 Å². The average molecular weight is 272 g/mol. The van der Waals surface area contributed by atoms with Gasteiger partial charge in [-0.1, -0.05) is 0 Å². The van der Waals surface area contributed by atoms with E-state index < -0.39 is 33.5 Å². The lowest BCUT2D eigenvalue weighted by Gasteiger charge is -2.29. The Labute approximate surface area is 102 Å². The Morgan fingerprint density at radius 2 is 0.867 bits per heavy atom. The minimum absolute atomic E-state index is 0.311. The molecule has 15 heavy (non-hydrogen) atoms. The zero-order chi connectivity index (χ0) is 11.6. The molecule has 84 valence electrons. The summed E-state index contributed by atoms with van der Waals surface area (Å²) in [4.78, 5) is 33.0. The Morgan fingerprint density at radius 3 is 1.00 bits per heavy atom. The van der Waals surface area contributed by atoms with Crippen molar-refractivity contribution in [1.82, 2.24) is 0 Å². The first-order valence-electron chi connectivity index (χ1n) is 4.49. The summed E-state index contributed by atoms with van der Waals surface area (Å²) >= 11 is 16.0. The SMILES string of the molecule is O=C(Cl)C1C[C@H](C(=O)Cl)C[C@H](C(=O)Cl)C1. The van der Waals surface area contributed by atoms with Crippen LogP contribution in [0.5, 0.6) is 0 Å². The van der Waals surface area contributed by atoms with Crippen LogP contribution in [-0.2, 0) is 14.4 Å². The second-order valence-electron chi connectivity index (χ2n) is 3.71. The first-order valence-corrected chi connectivity index (χ1v) is 5.63. The van der Waals surface area contributed by atoms with Gasteiger partial charge in [-0.25, -0.2) is 0 Å². The van der Waals surface area contributed by atoms with Gasteiger partial charge in [0.05, 0.1) is 0 Å². The molecule has 0 unspecified atom stereocenters. The first kappa shape index (κ1) is 12.9. The van der Waals surface area contributed by atoms with Crippen molar-refractivity contribution in [3.63, 3.8) is 0 Å². The largest absolute Gasteiger partial charge is 0.281 e. The van der Waals surface area contributed by atoms with Gasteiger partial charge >= 0.3 is 0 Å². The normalized spacial score (nSPS) is 31.0. The lowest BCUT2D eigenvalue weighted by Crippen LogP contribution is -2.31. The van der Waals surface area contributed by atoms with Crippen molar-refractivity contribution in [1.29, 1.82) is 0 Å². The Morgan fingerprint density at radius 1 is 0.667 bits per heavy atom. The van der Waals surface area contributed by atoms with E-state index in [1.807, 2.05) is 0 Å². The molecule has 0 N–H and O–H groups in total. The maximum absolute atomic E-state index is 11.0. The standard InChI is InChI=1S/C9H9Cl3O3/c10-7(13)4-1-5(8(11)14)3-6(2-4)9(12)15/h4-6H,1-3H2. The average Bonchev–Trinajstić information content (AvgIpc) is 2.16. The lowest BCUT2D eigenvalue weighted by atomic mass is 9.76. The number of halogens is 3. The Balaban J connectivity index is 2.77. The molecule has 0 heterocycles. The molecule has 0 aromatic heterocycles. The molecule has 0 aromatic rings. The molecular weight excluding hydrogens is 262 g/mol. The highest BCUT2D eigenvalue weighted by molar-refractivity contribution is 6.65. The predicted molar refractivity (Wildman–Crippen MR) is 56.9 cm³/mol. The summed E-state index contributed by atoms with van der Waals surface area (Å²) in [5.41, 5.74) is 0. The van der Waals surface area contributed by atoms with Crippen molar-refractivity contribution >= 4 is 50.5 Å². The summed E-state index contributed by atoms with van der Waals surface area (Å²) in [6, 6.07) is 0. The van der Waals surface area contributed by atoms with Crippen LogP contribution in [0.15, 0.2) is 0 Å². The molecule has 0 atom stereocenters. The molecule has 1 aliphatic carbocycles. The fourth-order valence-corrected chi connectivity index (χ4v) is 2.41. The van der Waals surface area contributed by atoms with Crippen LogP contribution in [0.3, 0.4) is 0 Å². The van der Waals surface area contributed by atoms with Crippen LogP contribution >= 0.6 is 34.8 Å². The van der Waals surface area contributed by atoms with Crippen LogP contribution < -0.4 is 0 Å². The number of rotatable bonds is 3. The Bertz CT molecular complexity index is 249. The third-order valence-corrected chi connectivity index (χ3v) is 3.60. The summed E-state index contributed by atoms with van der Waals surface area (Å²) in [7, 11) is 0. The summed E-state index contributed by atoms with van der Waals surface area (Å²) in [6.07, 6.45) is 0.933. The third kappa shape index (κ3) is 3.44. The van der Waals surface area contributed by atoms with E-state index >= 15 is 0 Å². The molecule has 0 radical (unpaired) electrons. The van der Waals surface area contributed by atoms with Crippen LogP contribution in [0.4, 0.5) is 0 Å². The van der Waals surface area contributed by atoms with Gasteiger partial charge in [0.15, 0.2) is 0 Å². The molecule has 0 aliphatic heterocycles. The van der Waals surface area contributed by atoms with Crippen molar-refractivity contribution in [2.24, 2.45) is 17.8 Å². The maximum atomic E-state index is 11.0. The highest BCUT2D eigenvalue weighted by Crippen LogP contribution is 2.36. The molecule has 3 nitrogen and oxygen atoms in total. The Kier molecular flexibility index (Phi) is 4.56. The highest BCUT2D eigenvalue weighted by atomic mass is 35.5. The maximum Gasteiger partial charge on any atom is 0.224 e. The van der Waals surface area contributed by atoms with Crippen molar-refractivity contribution in [3.05, 3.63) is 0 Å². The molecule has 1 aliphatic rings. The summed E-state index contributed by atoms with van der Waals surface area (Å²) < 4.78 is 0. The van der Waals surface area contributed by atoms with Gasteiger partial charge in [0.2, 0.25) is 15.7 Å². The zero-order valence-electron chi connectivity index (χ0n) is 7.71. The summed E-state index contributed by atoms with van der Waals surface area (Å²) in [6.45, 7) is 0. The van der Waals surface area contributed by atoms with Gasteiger partial charge in [-0.15, -0.1) is 0 Å². The van der Waals surface area contributed by atoms with E-state index in [0.29, 0.717) is 19.3 Å². The van der Waals surface area contributed by atoms with Gasteiger partial charge in [-0.3, -0.25) is 14.4 Å². The summed E-state index contributed by atoms with van der Waals surface area (Å²) in [5, 5.41) is -1.62. The van der Waals surface area contributed by atoms with Crippen LogP contribution in [-0.4, -0.2) is 15.7 Å². The molecule has 0 spiro atoms. The second-order valence-corrected chi connectivity index (χ2v) is 4.83. The van der Waals surface area contributed by atoms with Crippen LogP contribution in [0.1, 0.15) is 19.3 Å². The molecule has 1 saturated carbocycles. The molecule has 0 bridgehead atoms. The summed E-state index contributed by atoms with van der Waals surface area (Å²) in [5.74, 6) is -1.50. The molecule has 0 saturated heterocycles. The van der Waals surface area contributed by atoms with E-state index in [4.69, 9.17) is 34.8 Å². The van der Waals surface area contributed by atoms with E-state index in [9.17, 15) is 14.4 Å². The number of carbonyl (C=O) groups is 3. The predicted octanol–water partition coefficient (Wildman–Crippen LogP) is 2.32. The lowest BCUT2D eigenvalue weighted by molar-refractivity contribution is -0.123. The van der Waals surface area contributed by atoms with Gasteiger partial charge < -0.3 is 0 Å². The molecule has 1 fully saturated rings. The van der Waals surface area contributed by atoms with Gasteiger partial charge in [-0.05, 0) is 54.1 Å². The molecule has 0 aromatic carbocycles. The van der Waals surface area contributed by atoms with E-state index in [-0.39, 0.29) is 0 Å². The van der Waals surface area contributed by atoms with Crippen molar-refractivity contribution in [2.75, 3.05) is 0 Å². The minimum Gasteiger partial charge on any atom is -0.281 e. The van der Waals surface area contributed by atoms with Gasteiger partial charge in [-0.2, -0.15) is 0 Å². The third-order valence-electron chi connectivity index (χ3n) is 2.67. The number of hydrogen-bond donors (Lipinski definition) is 0. The van der Waals surface area contributed by atoms with Crippen molar-refractivity contribution < 1.29 is 14.4 Å². The minimum atomic E-state index is -0.541. The van der Waals surface area contributed by atoms with Gasteiger partial charge in [0.1, 0.15) is 0 Å². The van der Waals surface area contributed by atoms with Crippen LogP contribution in [0.2, 0.25) is 0 Å². The molecule has 0 amide bonds. The highest BCUT2D eigenvalue weighted by Gasteiger charge is 2.37. The molecule has 6 heteroatoms. The molecular formula is C9H9Cl3O3. The van der Waals surface area contributed by atoms with E-state index in [2.05, 4.69) is 0 Å². The van der Waals surface area contributed by atoms with Crippen molar-refractivity contribution in [3.8, 4) is 0 Å². The van der Waals surface area contributed by atoms with E-state index in [0.717, 1.165) is 0 Å². The topological polar surface area (TPSA) is 51.2 Å². The monoisotopic (exact) mass is 270 g/mol. The van der Waals surface area contributed by atoms with E-state index in [1.165, 1.54) is 0 Å². The van der Waals surface area contributed by atoms with Crippen molar-refractivity contribution in [2.45, 2.75) is 19.3 Å². The quantitative estimate of drug-likeness (QED) is 0.740. The van der Waals surface area contributed by atoms with Crippen LogP contribution in [0.25, 0.3) is 0 Å². The van der Waals surface area contributed by atoms with Gasteiger partial charge in [0, 0.05) is 17.8 Å². The number of carbonyl (C=O) groups excluding carboxylic acids is 3. The fraction of sp³-hybridized carbons (Fsp3) is 0.667. The number of hydrogen-bond acceptors (Lipinski definition) is 3. The fourth-order valence-electron chi connectivity index (χ4n) is 1.87. The second kappa shape index (κ2) is 5.28. The van der Waals surface area contributed by atoms with Gasteiger partial charge in [0.25, 0.3) is 0 Å². The zero-order valence-corrected chi connectivity index (χ0v) is 9.98. The van der Waals surface area contributed by atoms with E-state index in [1.54, 1.807) is 0 Å². The Hall–Kier alpha value is -0.120. The molecule has 1 rings (SSSR count).